The largest absolute Gasteiger partial charge is 0.755 e. The zero-order valence-electron chi connectivity index (χ0n) is 22.8. The number of carbonyl (C=O) groups is 1. The first-order chi connectivity index (χ1) is 18.7. The zero-order chi connectivity index (χ0) is 28.0. The van der Waals surface area contributed by atoms with Crippen LogP contribution in [0.2, 0.25) is 5.02 Å². The number of anilines is 1. The van der Waals surface area contributed by atoms with E-state index in [1.165, 1.54) is 4.31 Å². The molecule has 39 heavy (non-hydrogen) atoms. The van der Waals surface area contributed by atoms with Crippen molar-refractivity contribution < 1.29 is 13.6 Å². The fourth-order valence-corrected chi connectivity index (χ4v) is 6.43. The van der Waals surface area contributed by atoms with E-state index in [0.717, 1.165) is 53.8 Å². The van der Waals surface area contributed by atoms with Crippen LogP contribution >= 0.6 is 11.6 Å². The molecule has 3 aromatic carbocycles. The van der Waals surface area contributed by atoms with Gasteiger partial charge in [-0.25, -0.2) is 0 Å². The second-order valence-electron chi connectivity index (χ2n) is 10.8. The summed E-state index contributed by atoms with van der Waals surface area (Å²) >= 11 is 3.86. The van der Waals surface area contributed by atoms with Crippen molar-refractivity contribution in [3.05, 3.63) is 101 Å². The van der Waals surface area contributed by atoms with Crippen LogP contribution < -0.4 is 9.62 Å². The Labute approximate surface area is 239 Å². The molecule has 8 heteroatoms. The van der Waals surface area contributed by atoms with E-state index >= 15 is 0 Å². The summed E-state index contributed by atoms with van der Waals surface area (Å²) in [5.41, 5.74) is 3.46. The molecule has 0 aromatic heterocycles. The monoisotopic (exact) mass is 566 g/mol. The Morgan fingerprint density at radius 3 is 2.23 bits per heavy atom. The maximum absolute atomic E-state index is 13.8. The number of rotatable bonds is 10. The Bertz CT molecular complexity index is 1260. The predicted molar refractivity (Wildman–Crippen MR) is 158 cm³/mol. The molecule has 0 bridgehead atoms. The maximum atomic E-state index is 13.8. The summed E-state index contributed by atoms with van der Waals surface area (Å²) in [6.45, 7) is 1.94. The van der Waals surface area contributed by atoms with Crippen LogP contribution in [0.5, 0.6) is 0 Å². The van der Waals surface area contributed by atoms with E-state index in [0.29, 0.717) is 5.69 Å². The van der Waals surface area contributed by atoms with Gasteiger partial charge < -0.3 is 14.8 Å². The highest BCUT2D eigenvalue weighted by atomic mass is 35.5. The molecule has 1 saturated carbocycles. The highest BCUT2D eigenvalue weighted by Crippen LogP contribution is 2.37. The smallest absolute Gasteiger partial charge is 0.244 e. The molecule has 1 fully saturated rings. The lowest BCUT2D eigenvalue weighted by Gasteiger charge is -2.46. The van der Waals surface area contributed by atoms with E-state index in [1.54, 1.807) is 12.1 Å². The molecule has 2 unspecified atom stereocenters. The molecule has 6 nitrogen and oxygen atoms in total. The molecule has 1 aliphatic rings. The Morgan fingerprint density at radius 2 is 1.64 bits per heavy atom. The molecule has 2 atom stereocenters. The minimum absolute atomic E-state index is 0.0324. The van der Waals surface area contributed by atoms with Crippen molar-refractivity contribution in [1.82, 2.24) is 10.2 Å². The molecular formula is C31H37ClN3O3S-. The van der Waals surface area contributed by atoms with Crippen LogP contribution in [0.1, 0.15) is 42.4 Å². The van der Waals surface area contributed by atoms with Crippen molar-refractivity contribution in [3.63, 3.8) is 0 Å². The van der Waals surface area contributed by atoms with Gasteiger partial charge in [-0.2, -0.15) is 0 Å². The summed E-state index contributed by atoms with van der Waals surface area (Å²) in [5.74, 6) is -0.280. The van der Waals surface area contributed by atoms with Crippen molar-refractivity contribution >= 4 is 34.5 Å². The highest BCUT2D eigenvalue weighted by Gasteiger charge is 2.39. The molecule has 0 saturated heterocycles. The topological polar surface area (TPSA) is 75.7 Å². The Hall–Kier alpha value is -2.71. The van der Waals surface area contributed by atoms with E-state index in [1.807, 2.05) is 67.6 Å². The second-order valence-corrected chi connectivity index (χ2v) is 12.0. The minimum Gasteiger partial charge on any atom is -0.755 e. The van der Waals surface area contributed by atoms with Crippen LogP contribution in [0, 0.1) is 6.92 Å². The van der Waals surface area contributed by atoms with Gasteiger partial charge in [-0.05, 0) is 82.4 Å². The molecule has 1 N–H and O–H groups in total. The fourth-order valence-electron chi connectivity index (χ4n) is 5.56. The summed E-state index contributed by atoms with van der Waals surface area (Å²) in [6, 6.07) is 23.8. The Kier molecular flexibility index (Phi) is 9.83. The number of amides is 1. The lowest BCUT2D eigenvalue weighted by atomic mass is 9.74. The number of nitrogens with one attached hydrogen (secondary N) is 1. The van der Waals surface area contributed by atoms with Gasteiger partial charge in [0.05, 0.1) is 0 Å². The number of carbonyl (C=O) groups excluding carboxylic acids is 1. The molecule has 0 heterocycles. The lowest BCUT2D eigenvalue weighted by molar-refractivity contribution is -0.123. The van der Waals surface area contributed by atoms with Gasteiger partial charge in [0.25, 0.3) is 0 Å². The van der Waals surface area contributed by atoms with Crippen molar-refractivity contribution in [2.45, 2.75) is 63.1 Å². The van der Waals surface area contributed by atoms with Crippen molar-refractivity contribution in [2.24, 2.45) is 0 Å². The van der Waals surface area contributed by atoms with Gasteiger partial charge in [-0.3, -0.25) is 13.3 Å². The van der Waals surface area contributed by atoms with Crippen LogP contribution in [-0.2, 0) is 28.9 Å². The molecule has 1 aliphatic carbocycles. The number of likely N-dealkylation sites (N-methyl/N-ethyl adjacent to an activating group) is 1. The molecular weight excluding hydrogens is 530 g/mol. The number of benzene rings is 3. The van der Waals surface area contributed by atoms with Crippen molar-refractivity contribution in [2.75, 3.05) is 18.4 Å². The van der Waals surface area contributed by atoms with Crippen molar-refractivity contribution in [3.8, 4) is 0 Å². The van der Waals surface area contributed by atoms with Gasteiger partial charge in [0, 0.05) is 40.0 Å². The standard InChI is InChI=1S/C31H38ClN3O3S/c1-23-13-15-27(16-14-23)35(39(37)38)29(21-24-9-5-4-6-10-24)30(36)33-26-17-19-31(20-18-26,34(2)3)22-25-11-7-8-12-28(25)32/h4-16,26,29H,17-22H2,1-3H3,(H,33,36)(H,37,38)/p-1. The van der Waals surface area contributed by atoms with Gasteiger partial charge in [0.1, 0.15) is 6.04 Å². The number of aryl methyl sites for hydroxylation is 1. The summed E-state index contributed by atoms with van der Waals surface area (Å²) in [6.07, 6.45) is 4.51. The summed E-state index contributed by atoms with van der Waals surface area (Å²) in [5, 5.41) is 3.99. The van der Waals surface area contributed by atoms with Gasteiger partial charge in [0.2, 0.25) is 5.91 Å². The first-order valence-electron chi connectivity index (χ1n) is 13.4. The first-order valence-corrected chi connectivity index (χ1v) is 14.8. The fraction of sp³-hybridized carbons (Fsp3) is 0.387. The molecule has 0 radical (unpaired) electrons. The molecule has 208 valence electrons. The molecule has 3 aromatic rings. The average molecular weight is 567 g/mol. The molecule has 1 amide bonds. The lowest BCUT2D eigenvalue weighted by Crippen LogP contribution is -2.55. The molecule has 0 spiro atoms. The Morgan fingerprint density at radius 1 is 1.03 bits per heavy atom. The number of hydrogen-bond acceptors (Lipinski definition) is 4. The van der Waals surface area contributed by atoms with Gasteiger partial charge in [-0.15, -0.1) is 0 Å². The molecule has 0 aliphatic heterocycles. The Balaban J connectivity index is 1.52. The van der Waals surface area contributed by atoms with E-state index < -0.39 is 17.3 Å². The summed E-state index contributed by atoms with van der Waals surface area (Å²) in [7, 11) is 4.21. The van der Waals surface area contributed by atoms with Crippen LogP contribution in [0.3, 0.4) is 0 Å². The number of halogens is 1. The third-order valence-electron chi connectivity index (χ3n) is 8.00. The van der Waals surface area contributed by atoms with Gasteiger partial charge in [-0.1, -0.05) is 77.8 Å². The van der Waals surface area contributed by atoms with Gasteiger partial charge in [0.15, 0.2) is 0 Å². The van der Waals surface area contributed by atoms with E-state index in [4.69, 9.17) is 11.6 Å². The van der Waals surface area contributed by atoms with Gasteiger partial charge >= 0.3 is 0 Å². The quantitative estimate of drug-likeness (QED) is 0.331. The molecule has 4 rings (SSSR count). The third-order valence-corrected chi connectivity index (χ3v) is 9.15. The maximum Gasteiger partial charge on any atom is 0.244 e. The number of hydrogen-bond donors (Lipinski definition) is 1. The third kappa shape index (κ3) is 7.28. The van der Waals surface area contributed by atoms with Crippen molar-refractivity contribution in [1.29, 1.82) is 0 Å². The zero-order valence-corrected chi connectivity index (χ0v) is 24.4. The SMILES string of the molecule is Cc1ccc(N(C(Cc2ccccc2)C(=O)NC2CCC(Cc3ccccc3Cl)(N(C)C)CC2)S(=O)[O-])cc1. The first kappa shape index (κ1) is 29.3. The minimum atomic E-state index is -2.63. The average Bonchev–Trinajstić information content (AvgIpc) is 2.92. The predicted octanol–water partition coefficient (Wildman–Crippen LogP) is 5.46. The van der Waals surface area contributed by atoms with E-state index in [2.05, 4.69) is 30.4 Å². The summed E-state index contributed by atoms with van der Waals surface area (Å²) in [4.78, 5) is 16.1. The van der Waals surface area contributed by atoms with E-state index in [9.17, 15) is 13.6 Å². The highest BCUT2D eigenvalue weighted by molar-refractivity contribution is 7.80. The van der Waals surface area contributed by atoms with Crippen LogP contribution in [0.15, 0.2) is 78.9 Å². The van der Waals surface area contributed by atoms with Crippen LogP contribution in [0.4, 0.5) is 5.69 Å². The van der Waals surface area contributed by atoms with Crippen LogP contribution in [-0.4, -0.2) is 51.3 Å². The number of nitrogens with zero attached hydrogens (tertiary/aromatic N) is 2. The normalized spacial score (nSPS) is 20.8. The second kappa shape index (κ2) is 13.1. The van der Waals surface area contributed by atoms with Crippen LogP contribution in [0.25, 0.3) is 0 Å². The summed E-state index contributed by atoms with van der Waals surface area (Å²) < 4.78 is 26.2. The van der Waals surface area contributed by atoms with E-state index in [-0.39, 0.29) is 23.9 Å².